The van der Waals surface area contributed by atoms with Gasteiger partial charge in [-0.25, -0.2) is 0 Å². The molecule has 6 nitrogen and oxygen atoms in total. The number of benzene rings is 2. The number of carbonyl (C=O) groups excluding carboxylic acids is 1. The average molecular weight is 464 g/mol. The molecule has 178 valence electrons. The number of amides is 1. The second kappa shape index (κ2) is 10.6. The van der Waals surface area contributed by atoms with Crippen LogP contribution in [0, 0.1) is 0 Å². The first-order valence-electron chi connectivity index (χ1n) is 10.4. The lowest BCUT2D eigenvalue weighted by atomic mass is 10.1. The molecule has 2 aromatic rings. The van der Waals surface area contributed by atoms with E-state index in [1.165, 1.54) is 39.5 Å². The van der Waals surface area contributed by atoms with Gasteiger partial charge in [0.25, 0.3) is 0 Å². The minimum Gasteiger partial charge on any atom is -0.493 e. The fraction of sp³-hybridized carbons (Fsp3) is 0.375. The van der Waals surface area contributed by atoms with Crippen LogP contribution >= 0.6 is 0 Å². The molecule has 9 heteroatoms. The zero-order valence-electron chi connectivity index (χ0n) is 18.8. The van der Waals surface area contributed by atoms with Crippen molar-refractivity contribution >= 4 is 12.0 Å². The molecule has 33 heavy (non-hydrogen) atoms. The first-order chi connectivity index (χ1) is 15.7. The monoisotopic (exact) mass is 464 g/mol. The summed E-state index contributed by atoms with van der Waals surface area (Å²) in [6.07, 6.45) is -1.18. The van der Waals surface area contributed by atoms with Gasteiger partial charge < -0.3 is 19.1 Å². The molecule has 1 fully saturated rings. The Balaban J connectivity index is 1.58. The Kier molecular flexibility index (Phi) is 7.86. The number of rotatable bonds is 7. The molecule has 2 aromatic carbocycles. The molecule has 3 rings (SSSR count). The lowest BCUT2D eigenvalue weighted by Gasteiger charge is -2.34. The average Bonchev–Trinajstić information content (AvgIpc) is 2.81. The Labute approximate surface area is 191 Å². The van der Waals surface area contributed by atoms with E-state index in [0.717, 1.165) is 11.6 Å². The van der Waals surface area contributed by atoms with Crippen LogP contribution in [0.4, 0.5) is 13.2 Å². The molecule has 1 aliphatic heterocycles. The molecule has 0 spiro atoms. The molecule has 0 radical (unpaired) electrons. The lowest BCUT2D eigenvalue weighted by Crippen LogP contribution is -2.47. The second-order valence-electron chi connectivity index (χ2n) is 7.59. The first kappa shape index (κ1) is 24.4. The third-order valence-corrected chi connectivity index (χ3v) is 5.45. The predicted molar refractivity (Wildman–Crippen MR) is 118 cm³/mol. The van der Waals surface area contributed by atoms with Crippen LogP contribution in [-0.2, 0) is 17.5 Å². The fourth-order valence-corrected chi connectivity index (χ4v) is 3.70. The zero-order chi connectivity index (χ0) is 24.0. The summed E-state index contributed by atoms with van der Waals surface area (Å²) in [6, 6.07) is 8.85. The van der Waals surface area contributed by atoms with Gasteiger partial charge in [0, 0.05) is 38.8 Å². The third kappa shape index (κ3) is 6.19. The minimum absolute atomic E-state index is 0.137. The Morgan fingerprint density at radius 3 is 2.15 bits per heavy atom. The summed E-state index contributed by atoms with van der Waals surface area (Å²) in [5.74, 6) is 1.32. The fourth-order valence-electron chi connectivity index (χ4n) is 3.70. The molecule has 0 bridgehead atoms. The molecule has 0 N–H and O–H groups in total. The van der Waals surface area contributed by atoms with Gasteiger partial charge in [-0.15, -0.1) is 0 Å². The highest BCUT2D eigenvalue weighted by Gasteiger charge is 2.30. The molecule has 1 saturated heterocycles. The lowest BCUT2D eigenvalue weighted by molar-refractivity contribution is -0.137. The van der Waals surface area contributed by atoms with Gasteiger partial charge in [0.1, 0.15) is 0 Å². The molecule has 0 unspecified atom stereocenters. The minimum atomic E-state index is -4.36. The van der Waals surface area contributed by atoms with Gasteiger partial charge in [0.15, 0.2) is 11.5 Å². The molecule has 0 aromatic heterocycles. The maximum absolute atomic E-state index is 12.9. The van der Waals surface area contributed by atoms with Crippen LogP contribution in [0.1, 0.15) is 16.7 Å². The van der Waals surface area contributed by atoms with Crippen molar-refractivity contribution in [1.82, 2.24) is 9.80 Å². The smallest absolute Gasteiger partial charge is 0.416 e. The van der Waals surface area contributed by atoms with Crippen LogP contribution in [0.3, 0.4) is 0 Å². The van der Waals surface area contributed by atoms with Crippen LogP contribution in [-0.4, -0.2) is 63.2 Å². The summed E-state index contributed by atoms with van der Waals surface area (Å²) in [5.41, 5.74) is 0.679. The van der Waals surface area contributed by atoms with Crippen LogP contribution < -0.4 is 14.2 Å². The summed E-state index contributed by atoms with van der Waals surface area (Å²) in [5, 5.41) is 0. The quantitative estimate of drug-likeness (QED) is 0.578. The summed E-state index contributed by atoms with van der Waals surface area (Å²) in [4.78, 5) is 16.4. The largest absolute Gasteiger partial charge is 0.493 e. The number of methoxy groups -OCH3 is 3. The van der Waals surface area contributed by atoms with E-state index < -0.39 is 11.7 Å². The van der Waals surface area contributed by atoms with Gasteiger partial charge in [-0.2, -0.15) is 13.2 Å². The summed E-state index contributed by atoms with van der Waals surface area (Å²) in [6.45, 7) is 2.57. The Morgan fingerprint density at radius 2 is 1.61 bits per heavy atom. The van der Waals surface area contributed by atoms with Crippen molar-refractivity contribution in [2.45, 2.75) is 12.7 Å². The van der Waals surface area contributed by atoms with E-state index in [0.29, 0.717) is 55.5 Å². The van der Waals surface area contributed by atoms with Crippen molar-refractivity contribution in [2.24, 2.45) is 0 Å². The van der Waals surface area contributed by atoms with E-state index in [1.807, 2.05) is 4.90 Å². The Bertz CT molecular complexity index is 974. The number of carbonyl (C=O) groups is 1. The van der Waals surface area contributed by atoms with Gasteiger partial charge in [0.2, 0.25) is 11.7 Å². The summed E-state index contributed by atoms with van der Waals surface area (Å²) >= 11 is 0. The number of halogens is 3. The highest BCUT2D eigenvalue weighted by atomic mass is 19.4. The Hall–Kier alpha value is -3.20. The molecule has 1 amide bonds. The van der Waals surface area contributed by atoms with Crippen molar-refractivity contribution < 1.29 is 32.2 Å². The van der Waals surface area contributed by atoms with E-state index in [-0.39, 0.29) is 5.91 Å². The number of nitrogens with zero attached hydrogens (tertiary/aromatic N) is 2. The molecule has 0 atom stereocenters. The SMILES string of the molecule is COc1cc(/C=C/C(=O)N2CCN(Cc3cccc(C(F)(F)F)c3)CC2)cc(OC)c1OC. The third-order valence-electron chi connectivity index (χ3n) is 5.45. The van der Waals surface area contributed by atoms with Crippen molar-refractivity contribution in [3.8, 4) is 17.2 Å². The van der Waals surface area contributed by atoms with E-state index in [9.17, 15) is 18.0 Å². The van der Waals surface area contributed by atoms with E-state index in [1.54, 1.807) is 29.2 Å². The second-order valence-corrected chi connectivity index (χ2v) is 7.59. The molecule has 0 aliphatic carbocycles. The van der Waals surface area contributed by atoms with Crippen molar-refractivity contribution in [2.75, 3.05) is 47.5 Å². The number of ether oxygens (including phenoxy) is 3. The van der Waals surface area contributed by atoms with E-state index in [4.69, 9.17) is 14.2 Å². The van der Waals surface area contributed by atoms with Gasteiger partial charge in [0.05, 0.1) is 26.9 Å². The predicted octanol–water partition coefficient (Wildman–Crippen LogP) is 4.09. The molecular weight excluding hydrogens is 437 g/mol. The summed E-state index contributed by atoms with van der Waals surface area (Å²) in [7, 11) is 4.57. The van der Waals surface area contributed by atoms with Crippen LogP contribution in [0.2, 0.25) is 0 Å². The molecule has 0 saturated carbocycles. The van der Waals surface area contributed by atoms with E-state index in [2.05, 4.69) is 0 Å². The summed E-state index contributed by atoms with van der Waals surface area (Å²) < 4.78 is 54.7. The number of alkyl halides is 3. The molecular formula is C24H27F3N2O4. The topological polar surface area (TPSA) is 51.2 Å². The zero-order valence-corrected chi connectivity index (χ0v) is 18.8. The number of hydrogen-bond donors (Lipinski definition) is 0. The highest BCUT2D eigenvalue weighted by molar-refractivity contribution is 5.92. The van der Waals surface area contributed by atoms with Gasteiger partial charge in [-0.3, -0.25) is 9.69 Å². The maximum atomic E-state index is 12.9. The first-order valence-corrected chi connectivity index (χ1v) is 10.4. The van der Waals surface area contributed by atoms with Crippen LogP contribution in [0.5, 0.6) is 17.2 Å². The van der Waals surface area contributed by atoms with Crippen LogP contribution in [0.25, 0.3) is 6.08 Å². The van der Waals surface area contributed by atoms with E-state index >= 15 is 0 Å². The van der Waals surface area contributed by atoms with Gasteiger partial charge in [-0.1, -0.05) is 18.2 Å². The highest BCUT2D eigenvalue weighted by Crippen LogP contribution is 2.38. The normalized spacial score (nSPS) is 15.0. The number of hydrogen-bond acceptors (Lipinski definition) is 5. The van der Waals surface area contributed by atoms with Crippen molar-refractivity contribution in [3.05, 3.63) is 59.2 Å². The standard InChI is InChI=1S/C24H27F3N2O4/c1-31-20-14-17(15-21(32-2)23(20)33-3)7-8-22(30)29-11-9-28(10-12-29)16-18-5-4-6-19(13-18)24(25,26)27/h4-8,13-15H,9-12,16H2,1-3H3/b8-7+. The van der Waals surface area contributed by atoms with Gasteiger partial charge >= 0.3 is 6.18 Å². The number of piperazine rings is 1. The maximum Gasteiger partial charge on any atom is 0.416 e. The molecule has 1 heterocycles. The van der Waals surface area contributed by atoms with Crippen molar-refractivity contribution in [3.63, 3.8) is 0 Å². The molecule has 1 aliphatic rings. The van der Waals surface area contributed by atoms with Crippen molar-refractivity contribution in [1.29, 1.82) is 0 Å². The van der Waals surface area contributed by atoms with Crippen LogP contribution in [0.15, 0.2) is 42.5 Å². The van der Waals surface area contributed by atoms with Gasteiger partial charge in [-0.05, 0) is 35.4 Å². The Morgan fingerprint density at radius 1 is 0.970 bits per heavy atom.